The maximum absolute atomic E-state index is 11.0. The van der Waals surface area contributed by atoms with Crippen LogP contribution in [0.4, 0.5) is 11.6 Å². The number of nitrogens with zero attached hydrogens (tertiary/aromatic N) is 5. The molecule has 4 heterocycles. The molecule has 35 heavy (non-hydrogen) atoms. The molecule has 3 aromatic rings. The number of rotatable bonds is 7. The van der Waals surface area contributed by atoms with Gasteiger partial charge in [0.2, 0.25) is 12.4 Å². The second-order valence-electron chi connectivity index (χ2n) is 10.1. The normalized spacial score (nSPS) is 17.3. The zero-order chi connectivity index (χ0) is 24.6. The van der Waals surface area contributed by atoms with Crippen molar-refractivity contribution in [3.8, 4) is 11.3 Å². The number of aromatic nitrogens is 4. The smallest absolute Gasteiger partial charge is 0.227 e. The molecule has 0 radical (unpaired) electrons. The molecule has 1 unspecified atom stereocenters. The predicted molar refractivity (Wildman–Crippen MR) is 140 cm³/mol. The first-order valence-electron chi connectivity index (χ1n) is 11.9. The minimum atomic E-state index is 0.0571. The van der Waals surface area contributed by atoms with Crippen LogP contribution in [-0.4, -0.2) is 36.4 Å². The number of carbonyl (C=O) groups is 1. The third kappa shape index (κ3) is 4.91. The summed E-state index contributed by atoms with van der Waals surface area (Å²) in [6.07, 6.45) is 8.60. The van der Waals surface area contributed by atoms with Gasteiger partial charge in [-0.3, -0.25) is 9.48 Å². The summed E-state index contributed by atoms with van der Waals surface area (Å²) in [5.41, 5.74) is 6.64. The molecular formula is C26H31N7OS. The predicted octanol–water partition coefficient (Wildman–Crippen LogP) is 4.80. The Morgan fingerprint density at radius 2 is 2.11 bits per heavy atom. The first-order valence-corrected chi connectivity index (χ1v) is 12.8. The van der Waals surface area contributed by atoms with E-state index in [9.17, 15) is 4.79 Å². The van der Waals surface area contributed by atoms with Crippen molar-refractivity contribution in [1.29, 1.82) is 0 Å². The lowest BCUT2D eigenvalue weighted by molar-refractivity contribution is -0.108. The van der Waals surface area contributed by atoms with E-state index in [4.69, 9.17) is 4.98 Å². The van der Waals surface area contributed by atoms with Crippen molar-refractivity contribution in [1.82, 2.24) is 30.0 Å². The Balaban J connectivity index is 1.34. The van der Waals surface area contributed by atoms with Gasteiger partial charge in [0.15, 0.2) is 0 Å². The van der Waals surface area contributed by atoms with Crippen molar-refractivity contribution in [3.05, 3.63) is 64.7 Å². The van der Waals surface area contributed by atoms with Crippen molar-refractivity contribution >= 4 is 29.8 Å². The third-order valence-electron chi connectivity index (χ3n) is 6.39. The second-order valence-corrected chi connectivity index (χ2v) is 11.2. The van der Waals surface area contributed by atoms with E-state index in [1.54, 1.807) is 18.0 Å². The lowest BCUT2D eigenvalue weighted by Gasteiger charge is -2.35. The summed E-state index contributed by atoms with van der Waals surface area (Å²) in [6.45, 7) is 10.6. The van der Waals surface area contributed by atoms with Crippen LogP contribution in [0.25, 0.3) is 11.3 Å². The average Bonchev–Trinajstić information content (AvgIpc) is 3.53. The molecule has 0 saturated carbocycles. The highest BCUT2D eigenvalue weighted by atomic mass is 32.2. The molecule has 9 heteroatoms. The zero-order valence-electron chi connectivity index (χ0n) is 20.6. The average molecular weight is 490 g/mol. The fraction of sp³-hybridized carbons (Fsp3) is 0.385. The summed E-state index contributed by atoms with van der Waals surface area (Å²) >= 11 is 1.70. The summed E-state index contributed by atoms with van der Waals surface area (Å²) in [7, 11) is 0. The van der Waals surface area contributed by atoms with E-state index in [1.165, 1.54) is 16.8 Å². The van der Waals surface area contributed by atoms with Crippen LogP contribution in [0.5, 0.6) is 0 Å². The third-order valence-corrected chi connectivity index (χ3v) is 8.07. The molecule has 2 N–H and O–H groups in total. The van der Waals surface area contributed by atoms with Crippen LogP contribution in [-0.2, 0) is 24.3 Å². The molecule has 0 spiro atoms. The molecule has 2 aliphatic rings. The largest absolute Gasteiger partial charge is 0.358 e. The monoisotopic (exact) mass is 489 g/mol. The molecule has 8 nitrogen and oxygen atoms in total. The Kier molecular flexibility index (Phi) is 6.27. The van der Waals surface area contributed by atoms with Gasteiger partial charge in [0, 0.05) is 31.0 Å². The highest BCUT2D eigenvalue weighted by Crippen LogP contribution is 2.42. The number of benzene rings is 1. The summed E-state index contributed by atoms with van der Waals surface area (Å²) in [6, 6.07) is 8.42. The van der Waals surface area contributed by atoms with E-state index < -0.39 is 0 Å². The quantitative estimate of drug-likeness (QED) is 0.461. The highest BCUT2D eigenvalue weighted by molar-refractivity contribution is 8.03. The van der Waals surface area contributed by atoms with Crippen LogP contribution in [0, 0.1) is 12.3 Å². The number of nitrogens with one attached hydrogen (secondary N) is 2. The minimum Gasteiger partial charge on any atom is -0.358 e. The van der Waals surface area contributed by atoms with Crippen LogP contribution in [0.15, 0.2) is 47.9 Å². The first-order chi connectivity index (χ1) is 16.8. The van der Waals surface area contributed by atoms with E-state index >= 15 is 0 Å². The van der Waals surface area contributed by atoms with E-state index in [2.05, 4.69) is 77.7 Å². The number of anilines is 2. The Bertz CT molecular complexity index is 1280. The van der Waals surface area contributed by atoms with Crippen LogP contribution < -0.4 is 10.6 Å². The van der Waals surface area contributed by atoms with Gasteiger partial charge in [-0.25, -0.2) is 9.97 Å². The maximum Gasteiger partial charge on any atom is 0.227 e. The van der Waals surface area contributed by atoms with Crippen molar-refractivity contribution in [2.24, 2.45) is 5.41 Å². The van der Waals surface area contributed by atoms with Gasteiger partial charge in [-0.15, -0.1) is 0 Å². The summed E-state index contributed by atoms with van der Waals surface area (Å²) < 4.78 is 2.05. The summed E-state index contributed by atoms with van der Waals surface area (Å²) in [5, 5.41) is 11.7. The van der Waals surface area contributed by atoms with E-state index in [1.807, 2.05) is 16.9 Å². The van der Waals surface area contributed by atoms with E-state index in [-0.39, 0.29) is 10.8 Å². The van der Waals surface area contributed by atoms with Gasteiger partial charge in [0.05, 0.1) is 33.7 Å². The van der Waals surface area contributed by atoms with Gasteiger partial charge >= 0.3 is 0 Å². The molecule has 1 amide bonds. The fourth-order valence-electron chi connectivity index (χ4n) is 4.67. The van der Waals surface area contributed by atoms with Gasteiger partial charge in [-0.1, -0.05) is 44.7 Å². The fourth-order valence-corrected chi connectivity index (χ4v) is 5.84. The Morgan fingerprint density at radius 3 is 2.89 bits per heavy atom. The lowest BCUT2D eigenvalue weighted by Crippen LogP contribution is -2.35. The van der Waals surface area contributed by atoms with Gasteiger partial charge in [-0.2, -0.15) is 5.10 Å². The SMILES string of the molecule is Cc1cc(-c2ccnc(Nc3cnn4c3CCC4)n2)ccc1CN1C=C(NC=O)SC1C(C)(C)C. The molecule has 0 saturated heterocycles. The Labute approximate surface area is 210 Å². The van der Waals surface area contributed by atoms with Crippen molar-refractivity contribution in [2.45, 2.75) is 59.0 Å². The lowest BCUT2D eigenvalue weighted by atomic mass is 9.95. The number of hydrogen-bond donors (Lipinski definition) is 2. The summed E-state index contributed by atoms with van der Waals surface area (Å²) in [4.78, 5) is 22.5. The number of fused-ring (bicyclic) bond motifs is 1. The molecule has 1 aromatic carbocycles. The van der Waals surface area contributed by atoms with Crippen LogP contribution in [0.3, 0.4) is 0 Å². The standard InChI is InChI=1S/C26H31N7OS/c1-17-12-18(7-8-19(17)14-32-15-23(28-16-34)35-24(32)26(2,3)4)20-9-10-27-25(30-20)31-21-13-29-33-11-5-6-22(21)33/h7-10,12-13,15-16,24H,5-6,11,14H2,1-4H3,(H,28,34)(H,27,30,31). The molecule has 0 bridgehead atoms. The van der Waals surface area contributed by atoms with Gasteiger partial charge in [0.25, 0.3) is 0 Å². The first kappa shape index (κ1) is 23.4. The van der Waals surface area contributed by atoms with Crippen molar-refractivity contribution in [3.63, 3.8) is 0 Å². The molecule has 182 valence electrons. The number of thioether (sulfide) groups is 1. The van der Waals surface area contributed by atoms with E-state index in [0.29, 0.717) is 5.95 Å². The number of carbonyl (C=O) groups excluding carboxylic acids is 1. The van der Waals surface area contributed by atoms with Gasteiger partial charge < -0.3 is 15.5 Å². The Hall–Kier alpha value is -3.33. The molecular weight excluding hydrogens is 458 g/mol. The molecule has 0 fully saturated rings. The summed E-state index contributed by atoms with van der Waals surface area (Å²) in [5.74, 6) is 0.578. The zero-order valence-corrected chi connectivity index (χ0v) is 21.4. The highest BCUT2D eigenvalue weighted by Gasteiger charge is 2.35. The number of hydrogen-bond acceptors (Lipinski definition) is 7. The maximum atomic E-state index is 11.0. The number of amides is 1. The topological polar surface area (TPSA) is 88.0 Å². The molecule has 2 aliphatic heterocycles. The molecule has 2 aromatic heterocycles. The van der Waals surface area contributed by atoms with Crippen LogP contribution in [0.2, 0.25) is 0 Å². The van der Waals surface area contributed by atoms with Gasteiger partial charge in [0.1, 0.15) is 0 Å². The van der Waals surface area contributed by atoms with Gasteiger partial charge in [-0.05, 0) is 48.4 Å². The molecule has 5 rings (SSSR count). The minimum absolute atomic E-state index is 0.0571. The van der Waals surface area contributed by atoms with Crippen LogP contribution >= 0.6 is 11.8 Å². The second kappa shape index (κ2) is 9.37. The number of aryl methyl sites for hydroxylation is 2. The van der Waals surface area contributed by atoms with Crippen molar-refractivity contribution in [2.75, 3.05) is 5.32 Å². The Morgan fingerprint density at radius 1 is 1.26 bits per heavy atom. The van der Waals surface area contributed by atoms with Crippen LogP contribution in [0.1, 0.15) is 44.0 Å². The van der Waals surface area contributed by atoms with Crippen molar-refractivity contribution < 1.29 is 4.79 Å². The molecule has 1 atom stereocenters. The molecule has 0 aliphatic carbocycles. The van der Waals surface area contributed by atoms with E-state index in [0.717, 1.165) is 54.3 Å².